The molecular weight excluding hydrogens is 345 g/mol. The largest absolute Gasteiger partial charge is 0.417 e. The van der Waals surface area contributed by atoms with Gasteiger partial charge in [-0.05, 0) is 13.0 Å². The number of rotatable bonds is 3. The third-order valence-corrected chi connectivity index (χ3v) is 4.05. The Kier molecular flexibility index (Phi) is 3.75. The second-order valence-corrected chi connectivity index (χ2v) is 5.71. The number of hydrogen-bond acceptors (Lipinski definition) is 4. The van der Waals surface area contributed by atoms with Crippen LogP contribution in [0.25, 0.3) is 33.6 Å². The van der Waals surface area contributed by atoms with Gasteiger partial charge in [-0.3, -0.25) is 4.68 Å². The lowest BCUT2D eigenvalue weighted by atomic mass is 10.0. The monoisotopic (exact) mass is 358 g/mol. The van der Waals surface area contributed by atoms with Gasteiger partial charge in [0.1, 0.15) is 5.69 Å². The van der Waals surface area contributed by atoms with Crippen LogP contribution in [0.1, 0.15) is 12.5 Å². The molecule has 0 fully saturated rings. The summed E-state index contributed by atoms with van der Waals surface area (Å²) in [5.74, 6) is 0. The molecule has 4 aromatic rings. The van der Waals surface area contributed by atoms with Crippen LogP contribution < -0.4 is 0 Å². The van der Waals surface area contributed by atoms with Gasteiger partial charge >= 0.3 is 6.18 Å². The van der Waals surface area contributed by atoms with E-state index in [-0.39, 0.29) is 22.5 Å². The van der Waals surface area contributed by atoms with E-state index in [1.165, 1.54) is 6.20 Å². The van der Waals surface area contributed by atoms with E-state index in [2.05, 4.69) is 15.2 Å². The second-order valence-electron chi connectivity index (χ2n) is 5.71. The second kappa shape index (κ2) is 5.98. The number of hydrogen-bond donors (Lipinski definition) is 0. The van der Waals surface area contributed by atoms with Crippen molar-refractivity contribution in [3.05, 3.63) is 54.4 Å². The van der Waals surface area contributed by atoms with E-state index in [4.69, 9.17) is 4.52 Å². The van der Waals surface area contributed by atoms with Gasteiger partial charge in [-0.15, -0.1) is 0 Å². The van der Waals surface area contributed by atoms with Gasteiger partial charge in [0.25, 0.3) is 5.71 Å². The molecule has 8 heteroatoms. The highest BCUT2D eigenvalue weighted by Crippen LogP contribution is 2.40. The molecule has 0 saturated heterocycles. The molecule has 0 aliphatic rings. The molecule has 1 aromatic carbocycles. The highest BCUT2D eigenvalue weighted by Gasteiger charge is 2.36. The summed E-state index contributed by atoms with van der Waals surface area (Å²) in [4.78, 5) is 4.23. The molecule has 0 radical (unpaired) electrons. The summed E-state index contributed by atoms with van der Waals surface area (Å²) in [7, 11) is 0. The molecule has 0 N–H and O–H groups in total. The van der Waals surface area contributed by atoms with Crippen molar-refractivity contribution < 1.29 is 17.7 Å². The number of fused-ring (bicyclic) bond motifs is 1. The molecule has 0 atom stereocenters. The number of aromatic nitrogens is 4. The van der Waals surface area contributed by atoms with Gasteiger partial charge in [0.15, 0.2) is 0 Å². The van der Waals surface area contributed by atoms with E-state index in [1.807, 2.05) is 6.92 Å². The van der Waals surface area contributed by atoms with Crippen LogP contribution in [0.2, 0.25) is 0 Å². The lowest BCUT2D eigenvalue weighted by molar-refractivity contribution is -0.136. The maximum absolute atomic E-state index is 13.7. The smallest absolute Gasteiger partial charge is 0.335 e. The quantitative estimate of drug-likeness (QED) is 0.528. The van der Waals surface area contributed by atoms with Crippen LogP contribution in [0, 0.1) is 0 Å². The minimum atomic E-state index is -4.58. The van der Waals surface area contributed by atoms with E-state index in [0.29, 0.717) is 17.7 Å². The number of aryl methyl sites for hydroxylation is 1. The van der Waals surface area contributed by atoms with Crippen molar-refractivity contribution in [3.63, 3.8) is 0 Å². The van der Waals surface area contributed by atoms with Crippen molar-refractivity contribution in [2.75, 3.05) is 0 Å². The Hall–Kier alpha value is -3.16. The summed E-state index contributed by atoms with van der Waals surface area (Å²) in [6.45, 7) is 2.49. The van der Waals surface area contributed by atoms with Crippen molar-refractivity contribution >= 4 is 11.1 Å². The van der Waals surface area contributed by atoms with Crippen molar-refractivity contribution in [3.8, 4) is 22.5 Å². The first-order chi connectivity index (χ1) is 12.5. The molecule has 26 heavy (non-hydrogen) atoms. The Bertz CT molecular complexity index is 1070. The molecule has 3 heterocycles. The standard InChI is InChI=1S/C18H13F3N4O/c1-2-25-10-12(9-22-25)14-8-13(18(19,20)21)15-16(24-26-17(15)23-14)11-6-4-3-5-7-11/h3-10H,2H2,1H3. The van der Waals surface area contributed by atoms with Crippen LogP contribution in [0.5, 0.6) is 0 Å². The minimum absolute atomic E-state index is 0.122. The predicted octanol–water partition coefficient (Wildman–Crippen LogP) is 4.79. The predicted molar refractivity (Wildman–Crippen MR) is 89.1 cm³/mol. The summed E-state index contributed by atoms with van der Waals surface area (Å²) < 4.78 is 48.0. The van der Waals surface area contributed by atoms with E-state index in [0.717, 1.165) is 6.07 Å². The van der Waals surface area contributed by atoms with Gasteiger partial charge in [-0.2, -0.15) is 18.3 Å². The van der Waals surface area contributed by atoms with Gasteiger partial charge in [-0.25, -0.2) is 4.98 Å². The summed E-state index contributed by atoms with van der Waals surface area (Å²) in [6.07, 6.45) is -1.46. The van der Waals surface area contributed by atoms with E-state index in [1.54, 1.807) is 41.2 Å². The Balaban J connectivity index is 1.97. The minimum Gasteiger partial charge on any atom is -0.335 e. The summed E-state index contributed by atoms with van der Waals surface area (Å²) >= 11 is 0. The van der Waals surface area contributed by atoms with E-state index < -0.39 is 11.7 Å². The number of benzene rings is 1. The van der Waals surface area contributed by atoms with Crippen molar-refractivity contribution in [1.29, 1.82) is 0 Å². The normalized spacial score (nSPS) is 12.0. The average Bonchev–Trinajstić information content (AvgIpc) is 3.27. The number of pyridine rings is 1. The lowest BCUT2D eigenvalue weighted by Gasteiger charge is -2.10. The molecule has 0 aliphatic carbocycles. The molecule has 0 spiro atoms. The van der Waals surface area contributed by atoms with Crippen molar-refractivity contribution in [2.24, 2.45) is 0 Å². The molecule has 0 aliphatic heterocycles. The molecule has 0 amide bonds. The Morgan fingerprint density at radius 1 is 1.12 bits per heavy atom. The van der Waals surface area contributed by atoms with Gasteiger partial charge in [0.05, 0.1) is 22.8 Å². The first kappa shape index (κ1) is 16.3. The molecule has 132 valence electrons. The zero-order valence-electron chi connectivity index (χ0n) is 13.7. The highest BCUT2D eigenvalue weighted by atomic mass is 19.4. The van der Waals surface area contributed by atoms with Gasteiger partial charge in [-0.1, -0.05) is 35.5 Å². The SMILES string of the molecule is CCn1cc(-c2cc(C(F)(F)F)c3c(-c4ccccc4)noc3n2)cn1. The third kappa shape index (κ3) is 2.73. The topological polar surface area (TPSA) is 56.7 Å². The molecular formula is C18H13F3N4O. The van der Waals surface area contributed by atoms with E-state index >= 15 is 0 Å². The zero-order valence-corrected chi connectivity index (χ0v) is 13.7. The zero-order chi connectivity index (χ0) is 18.3. The van der Waals surface area contributed by atoms with Gasteiger partial charge in [0.2, 0.25) is 0 Å². The summed E-state index contributed by atoms with van der Waals surface area (Å²) in [5.41, 5.74) is 0.290. The molecule has 5 nitrogen and oxygen atoms in total. The first-order valence-corrected chi connectivity index (χ1v) is 7.93. The fraction of sp³-hybridized carbons (Fsp3) is 0.167. The Labute approximate surface area is 146 Å². The highest BCUT2D eigenvalue weighted by molar-refractivity contribution is 5.94. The number of nitrogens with zero attached hydrogens (tertiary/aromatic N) is 4. The third-order valence-electron chi connectivity index (χ3n) is 4.05. The first-order valence-electron chi connectivity index (χ1n) is 7.93. The van der Waals surface area contributed by atoms with Crippen LogP contribution in [0.4, 0.5) is 13.2 Å². The maximum Gasteiger partial charge on any atom is 0.417 e. The fourth-order valence-electron chi connectivity index (χ4n) is 2.78. The molecule has 0 bridgehead atoms. The van der Waals surface area contributed by atoms with Gasteiger partial charge < -0.3 is 4.52 Å². The van der Waals surface area contributed by atoms with Crippen molar-refractivity contribution in [2.45, 2.75) is 19.6 Å². The maximum atomic E-state index is 13.7. The number of alkyl halides is 3. The van der Waals surface area contributed by atoms with Gasteiger partial charge in [0, 0.05) is 23.9 Å². The van der Waals surface area contributed by atoms with Crippen LogP contribution in [-0.2, 0) is 12.7 Å². The Morgan fingerprint density at radius 2 is 1.88 bits per heavy atom. The molecule has 4 rings (SSSR count). The molecule has 0 saturated carbocycles. The fourth-order valence-corrected chi connectivity index (χ4v) is 2.78. The van der Waals surface area contributed by atoms with Crippen molar-refractivity contribution in [1.82, 2.24) is 19.9 Å². The molecule has 0 unspecified atom stereocenters. The molecule has 3 aromatic heterocycles. The van der Waals surface area contributed by atoms with Crippen LogP contribution in [0.3, 0.4) is 0 Å². The van der Waals surface area contributed by atoms with Crippen LogP contribution >= 0.6 is 0 Å². The average molecular weight is 358 g/mol. The summed E-state index contributed by atoms with van der Waals surface area (Å²) in [6, 6.07) is 9.60. The van der Waals surface area contributed by atoms with Crippen LogP contribution in [-0.4, -0.2) is 19.9 Å². The lowest BCUT2D eigenvalue weighted by Crippen LogP contribution is -2.07. The summed E-state index contributed by atoms with van der Waals surface area (Å²) in [5, 5.41) is 7.78. The number of halogens is 3. The Morgan fingerprint density at radius 3 is 2.54 bits per heavy atom. The van der Waals surface area contributed by atoms with E-state index in [9.17, 15) is 13.2 Å². The van der Waals surface area contributed by atoms with Crippen LogP contribution in [0.15, 0.2) is 53.3 Å².